The van der Waals surface area contributed by atoms with Crippen LogP contribution >= 0.6 is 11.3 Å². The van der Waals surface area contributed by atoms with E-state index in [2.05, 4.69) is 5.32 Å². The number of nitrogens with one attached hydrogen (secondary N) is 1. The van der Waals surface area contributed by atoms with Crippen LogP contribution in [0.4, 0.5) is 0 Å². The molecule has 1 N–H and O–H groups in total. The van der Waals surface area contributed by atoms with E-state index in [1.165, 1.54) is 15.6 Å². The van der Waals surface area contributed by atoms with Crippen molar-refractivity contribution in [2.75, 3.05) is 0 Å². The highest BCUT2D eigenvalue weighted by Gasteiger charge is 2.40. The Kier molecular flexibility index (Phi) is 6.08. The Morgan fingerprint density at radius 2 is 2.00 bits per heavy atom. The van der Waals surface area contributed by atoms with E-state index in [1.807, 2.05) is 43.3 Å². The second-order valence-corrected chi connectivity index (χ2v) is 10.6. The second kappa shape index (κ2) is 8.75. The summed E-state index contributed by atoms with van der Waals surface area (Å²) in [5.74, 6) is 0.598. The van der Waals surface area contributed by atoms with Crippen molar-refractivity contribution < 1.29 is 17.6 Å². The molecule has 1 aliphatic heterocycles. The molecule has 2 aromatic heterocycles. The molecule has 0 fully saturated rings. The number of carbonyl (C=O) groups excluding carboxylic acids is 1. The lowest BCUT2D eigenvalue weighted by atomic mass is 9.95. The maximum atomic E-state index is 13.3. The minimum atomic E-state index is -3.76. The summed E-state index contributed by atoms with van der Waals surface area (Å²) >= 11 is 1.17. The molecule has 0 spiro atoms. The zero-order chi connectivity index (χ0) is 21.1. The van der Waals surface area contributed by atoms with Crippen molar-refractivity contribution in [2.24, 2.45) is 0 Å². The first-order valence-electron chi connectivity index (χ1n) is 9.90. The lowest BCUT2D eigenvalue weighted by Gasteiger charge is -2.35. The lowest BCUT2D eigenvalue weighted by Crippen LogP contribution is -2.53. The topological polar surface area (TPSA) is 79.6 Å². The van der Waals surface area contributed by atoms with Crippen LogP contribution in [0.3, 0.4) is 0 Å². The molecule has 2 atom stereocenters. The van der Waals surface area contributed by atoms with Gasteiger partial charge in [0.2, 0.25) is 5.91 Å². The number of fused-ring (bicyclic) bond motifs is 1. The number of sulfonamides is 1. The van der Waals surface area contributed by atoms with Gasteiger partial charge in [0.05, 0.1) is 6.26 Å². The number of nitrogens with zero attached hydrogens (tertiary/aromatic N) is 1. The SMILES string of the molecule is CC(CCc1ccco1)NC(=O)[C@@H]1Cc2ccccc2CN1S(=O)(=O)c1cccs1. The fourth-order valence-electron chi connectivity index (χ4n) is 3.73. The smallest absolute Gasteiger partial charge is 0.253 e. The quantitative estimate of drug-likeness (QED) is 0.604. The lowest BCUT2D eigenvalue weighted by molar-refractivity contribution is -0.125. The Morgan fingerprint density at radius 1 is 1.20 bits per heavy atom. The zero-order valence-corrected chi connectivity index (χ0v) is 18.3. The summed E-state index contributed by atoms with van der Waals surface area (Å²) in [4.78, 5) is 13.2. The number of rotatable bonds is 7. The van der Waals surface area contributed by atoms with Gasteiger partial charge in [-0.05, 0) is 54.5 Å². The van der Waals surface area contributed by atoms with Gasteiger partial charge in [-0.3, -0.25) is 4.79 Å². The summed E-state index contributed by atoms with van der Waals surface area (Å²) in [6, 6.07) is 13.9. The maximum Gasteiger partial charge on any atom is 0.253 e. The van der Waals surface area contributed by atoms with Crippen molar-refractivity contribution in [3.63, 3.8) is 0 Å². The molecule has 30 heavy (non-hydrogen) atoms. The van der Waals surface area contributed by atoms with E-state index < -0.39 is 16.1 Å². The number of carbonyl (C=O) groups is 1. The molecule has 158 valence electrons. The fourth-order valence-corrected chi connectivity index (χ4v) is 6.41. The maximum absolute atomic E-state index is 13.3. The number of hydrogen-bond donors (Lipinski definition) is 1. The standard InChI is InChI=1S/C22H24N2O4S2/c1-16(10-11-19-8-4-12-28-19)23-22(25)20-14-17-6-2-3-7-18(17)15-24(20)30(26,27)21-9-5-13-29-21/h2-9,12-13,16,20H,10-11,14-15H2,1H3,(H,23,25)/t16?,20-/m0/s1. The van der Waals surface area contributed by atoms with E-state index in [1.54, 1.807) is 23.8 Å². The van der Waals surface area contributed by atoms with Crippen LogP contribution in [-0.2, 0) is 34.2 Å². The molecular formula is C22H24N2O4S2. The van der Waals surface area contributed by atoms with E-state index in [-0.39, 0.29) is 22.7 Å². The highest BCUT2D eigenvalue weighted by Crippen LogP contribution is 2.31. The summed E-state index contributed by atoms with van der Waals surface area (Å²) in [6.07, 6.45) is 3.41. The van der Waals surface area contributed by atoms with Crippen LogP contribution in [0.5, 0.6) is 0 Å². The van der Waals surface area contributed by atoms with Gasteiger partial charge in [0, 0.05) is 19.0 Å². The normalized spacial score (nSPS) is 18.0. The molecule has 1 amide bonds. The first kappa shape index (κ1) is 20.8. The van der Waals surface area contributed by atoms with Gasteiger partial charge < -0.3 is 9.73 Å². The predicted molar refractivity (Wildman–Crippen MR) is 116 cm³/mol. The van der Waals surface area contributed by atoms with Crippen LogP contribution in [0, 0.1) is 0 Å². The van der Waals surface area contributed by atoms with E-state index in [0.717, 1.165) is 16.9 Å². The first-order chi connectivity index (χ1) is 14.4. The highest BCUT2D eigenvalue weighted by molar-refractivity contribution is 7.91. The zero-order valence-electron chi connectivity index (χ0n) is 16.7. The van der Waals surface area contributed by atoms with Gasteiger partial charge in [-0.25, -0.2) is 8.42 Å². The van der Waals surface area contributed by atoms with Crippen molar-refractivity contribution in [2.45, 2.75) is 49.0 Å². The van der Waals surface area contributed by atoms with E-state index in [4.69, 9.17) is 4.42 Å². The van der Waals surface area contributed by atoms with Crippen LogP contribution in [0.25, 0.3) is 0 Å². The van der Waals surface area contributed by atoms with Crippen molar-refractivity contribution in [1.82, 2.24) is 9.62 Å². The van der Waals surface area contributed by atoms with E-state index >= 15 is 0 Å². The van der Waals surface area contributed by atoms with Gasteiger partial charge in [0.15, 0.2) is 0 Å². The molecule has 0 saturated carbocycles. The van der Waals surface area contributed by atoms with Crippen LogP contribution < -0.4 is 5.32 Å². The summed E-state index contributed by atoms with van der Waals surface area (Å²) < 4.78 is 33.5. The van der Waals surface area contributed by atoms with Gasteiger partial charge in [0.1, 0.15) is 16.0 Å². The number of amides is 1. The predicted octanol–water partition coefficient (Wildman–Crippen LogP) is 3.59. The van der Waals surface area contributed by atoms with Crippen molar-refractivity contribution in [3.8, 4) is 0 Å². The second-order valence-electron chi connectivity index (χ2n) is 7.50. The summed E-state index contributed by atoms with van der Waals surface area (Å²) in [6.45, 7) is 2.12. The molecule has 8 heteroatoms. The van der Waals surface area contributed by atoms with Crippen molar-refractivity contribution in [3.05, 3.63) is 77.1 Å². The van der Waals surface area contributed by atoms with Crippen molar-refractivity contribution in [1.29, 1.82) is 0 Å². The monoisotopic (exact) mass is 444 g/mol. The van der Waals surface area contributed by atoms with Crippen LogP contribution in [0.1, 0.15) is 30.2 Å². The van der Waals surface area contributed by atoms with Crippen LogP contribution in [0.2, 0.25) is 0 Å². The summed E-state index contributed by atoms with van der Waals surface area (Å²) in [7, 11) is -3.76. The molecule has 1 aliphatic rings. The van der Waals surface area contributed by atoms with Crippen molar-refractivity contribution >= 4 is 27.3 Å². The third kappa shape index (κ3) is 4.35. The number of benzene rings is 1. The van der Waals surface area contributed by atoms with Crippen LogP contribution in [0.15, 0.2) is 68.8 Å². The summed E-state index contributed by atoms with van der Waals surface area (Å²) in [5.41, 5.74) is 1.95. The molecule has 1 unspecified atom stereocenters. The Morgan fingerprint density at radius 3 is 2.70 bits per heavy atom. The first-order valence-corrected chi connectivity index (χ1v) is 12.2. The molecule has 0 bridgehead atoms. The molecule has 0 saturated heterocycles. The highest BCUT2D eigenvalue weighted by atomic mass is 32.2. The number of aryl methyl sites for hydroxylation is 1. The molecule has 3 heterocycles. The van der Waals surface area contributed by atoms with E-state index in [0.29, 0.717) is 19.3 Å². The minimum absolute atomic E-state index is 0.105. The molecule has 4 rings (SSSR count). The molecule has 6 nitrogen and oxygen atoms in total. The third-order valence-corrected chi connectivity index (χ3v) is 8.59. The molecule has 0 aliphatic carbocycles. The molecule has 0 radical (unpaired) electrons. The van der Waals surface area contributed by atoms with Crippen LogP contribution in [-0.4, -0.2) is 30.7 Å². The van der Waals surface area contributed by atoms with Gasteiger partial charge in [0.25, 0.3) is 10.0 Å². The molecule has 1 aromatic carbocycles. The fraction of sp³-hybridized carbons (Fsp3) is 0.318. The number of furan rings is 1. The number of hydrogen-bond acceptors (Lipinski definition) is 5. The largest absolute Gasteiger partial charge is 0.469 e. The Bertz CT molecular complexity index is 1090. The average molecular weight is 445 g/mol. The van der Waals surface area contributed by atoms with Gasteiger partial charge in [-0.15, -0.1) is 11.3 Å². The van der Waals surface area contributed by atoms with Gasteiger partial charge in [-0.1, -0.05) is 30.3 Å². The molecular weight excluding hydrogens is 420 g/mol. The Balaban J connectivity index is 1.54. The Labute approximate surface area is 180 Å². The Hall–Kier alpha value is -2.42. The minimum Gasteiger partial charge on any atom is -0.469 e. The number of thiophene rings is 1. The van der Waals surface area contributed by atoms with Gasteiger partial charge >= 0.3 is 0 Å². The molecule has 3 aromatic rings. The van der Waals surface area contributed by atoms with Gasteiger partial charge in [-0.2, -0.15) is 4.31 Å². The van der Waals surface area contributed by atoms with E-state index in [9.17, 15) is 13.2 Å². The summed E-state index contributed by atoms with van der Waals surface area (Å²) in [5, 5.41) is 4.74. The third-order valence-electron chi connectivity index (χ3n) is 5.36. The average Bonchev–Trinajstić information content (AvgIpc) is 3.45.